The Morgan fingerprint density at radius 3 is 2.62 bits per heavy atom. The second kappa shape index (κ2) is 7.35. The average molecular weight is 357 g/mol. The number of H-pyrrole nitrogens is 1. The average Bonchev–Trinajstić information content (AvgIpc) is 3.04. The summed E-state index contributed by atoms with van der Waals surface area (Å²) in [5.41, 5.74) is 1.84. The van der Waals surface area contributed by atoms with Gasteiger partial charge in [-0.15, -0.1) is 0 Å². The summed E-state index contributed by atoms with van der Waals surface area (Å²) in [6.07, 6.45) is 1.78. The zero-order chi connectivity index (χ0) is 18.7. The molecule has 1 unspecified atom stereocenters. The molecule has 0 bridgehead atoms. The van der Waals surface area contributed by atoms with E-state index in [-0.39, 0.29) is 12.0 Å². The number of likely N-dealkylation sites (N-methyl/N-ethyl adjacent to an activating group) is 1. The molecular formula is C19H17F2N3O2. The van der Waals surface area contributed by atoms with Crippen molar-refractivity contribution in [1.82, 2.24) is 15.6 Å². The molecule has 0 spiro atoms. The number of aromatic nitrogens is 1. The standard InChI is InChI=1S/C19H17F2N3O2/c1-22-19(26)18(11-6-7-14(20)15(21)8-11)24-17(25)9-12-10-23-16-5-3-2-4-13(12)16/h2-8,10,18,23H,9H2,1H3,(H,22,26)(H,24,25). The molecule has 2 aromatic carbocycles. The van der Waals surface area contributed by atoms with Gasteiger partial charge >= 0.3 is 0 Å². The molecule has 0 saturated carbocycles. The fraction of sp³-hybridized carbons (Fsp3) is 0.158. The van der Waals surface area contributed by atoms with Gasteiger partial charge in [0.25, 0.3) is 0 Å². The summed E-state index contributed by atoms with van der Waals surface area (Å²) in [6, 6.07) is 9.51. The molecule has 0 radical (unpaired) electrons. The van der Waals surface area contributed by atoms with Gasteiger partial charge in [-0.3, -0.25) is 9.59 Å². The monoisotopic (exact) mass is 357 g/mol. The fourth-order valence-electron chi connectivity index (χ4n) is 2.80. The number of hydrogen-bond donors (Lipinski definition) is 3. The number of fused-ring (bicyclic) bond motifs is 1. The van der Waals surface area contributed by atoms with Gasteiger partial charge in [0.15, 0.2) is 11.6 Å². The summed E-state index contributed by atoms with van der Waals surface area (Å²) < 4.78 is 26.6. The van der Waals surface area contributed by atoms with E-state index in [4.69, 9.17) is 0 Å². The molecule has 3 aromatic rings. The van der Waals surface area contributed by atoms with Crippen molar-refractivity contribution in [3.63, 3.8) is 0 Å². The summed E-state index contributed by atoms with van der Waals surface area (Å²) in [4.78, 5) is 27.6. The topological polar surface area (TPSA) is 74.0 Å². The van der Waals surface area contributed by atoms with E-state index in [2.05, 4.69) is 15.6 Å². The predicted octanol–water partition coefficient (Wildman–Crippen LogP) is 2.59. The Bertz CT molecular complexity index is 968. The maximum Gasteiger partial charge on any atom is 0.246 e. The fourth-order valence-corrected chi connectivity index (χ4v) is 2.80. The normalized spacial score (nSPS) is 12.0. The molecule has 0 fully saturated rings. The van der Waals surface area contributed by atoms with Crippen molar-refractivity contribution in [3.8, 4) is 0 Å². The first-order valence-corrected chi connectivity index (χ1v) is 8.00. The number of aromatic amines is 1. The van der Waals surface area contributed by atoms with Gasteiger partial charge in [-0.2, -0.15) is 0 Å². The zero-order valence-corrected chi connectivity index (χ0v) is 14.0. The lowest BCUT2D eigenvalue weighted by atomic mass is 10.0. The van der Waals surface area contributed by atoms with Crippen LogP contribution in [0.15, 0.2) is 48.7 Å². The van der Waals surface area contributed by atoms with Crippen molar-refractivity contribution >= 4 is 22.7 Å². The molecule has 2 amide bonds. The molecule has 26 heavy (non-hydrogen) atoms. The van der Waals surface area contributed by atoms with Gasteiger partial charge in [-0.25, -0.2) is 8.78 Å². The highest BCUT2D eigenvalue weighted by molar-refractivity contribution is 5.92. The molecule has 7 heteroatoms. The number of amides is 2. The van der Waals surface area contributed by atoms with Crippen LogP contribution in [0.3, 0.4) is 0 Å². The third-order valence-electron chi connectivity index (χ3n) is 4.12. The summed E-state index contributed by atoms with van der Waals surface area (Å²) in [7, 11) is 1.40. The minimum absolute atomic E-state index is 0.0428. The molecular weight excluding hydrogens is 340 g/mol. The first-order valence-electron chi connectivity index (χ1n) is 8.00. The van der Waals surface area contributed by atoms with Crippen LogP contribution in [0, 0.1) is 11.6 Å². The molecule has 1 heterocycles. The molecule has 5 nitrogen and oxygen atoms in total. The van der Waals surface area contributed by atoms with Gasteiger partial charge in [0.1, 0.15) is 6.04 Å². The number of nitrogens with one attached hydrogen (secondary N) is 3. The Morgan fingerprint density at radius 2 is 1.88 bits per heavy atom. The maximum absolute atomic E-state index is 13.5. The van der Waals surface area contributed by atoms with Crippen molar-refractivity contribution < 1.29 is 18.4 Å². The largest absolute Gasteiger partial charge is 0.361 e. The third-order valence-corrected chi connectivity index (χ3v) is 4.12. The highest BCUT2D eigenvalue weighted by Crippen LogP contribution is 2.20. The Balaban J connectivity index is 1.81. The van der Waals surface area contributed by atoms with Gasteiger partial charge in [-0.05, 0) is 29.3 Å². The lowest BCUT2D eigenvalue weighted by Gasteiger charge is -2.18. The Kier molecular flexibility index (Phi) is 4.97. The second-order valence-electron chi connectivity index (χ2n) is 5.82. The first-order chi connectivity index (χ1) is 12.5. The lowest BCUT2D eigenvalue weighted by molar-refractivity contribution is -0.128. The van der Waals surface area contributed by atoms with E-state index >= 15 is 0 Å². The van der Waals surface area contributed by atoms with Crippen molar-refractivity contribution in [2.45, 2.75) is 12.5 Å². The molecule has 1 aromatic heterocycles. The minimum atomic E-state index is -1.12. The molecule has 1 atom stereocenters. The SMILES string of the molecule is CNC(=O)C(NC(=O)Cc1c[nH]c2ccccc12)c1ccc(F)c(F)c1. The van der Waals surface area contributed by atoms with Crippen LogP contribution in [-0.2, 0) is 16.0 Å². The van der Waals surface area contributed by atoms with E-state index in [1.54, 1.807) is 6.20 Å². The number of benzene rings is 2. The van der Waals surface area contributed by atoms with E-state index in [0.29, 0.717) is 0 Å². The maximum atomic E-state index is 13.5. The van der Waals surface area contributed by atoms with E-state index in [1.165, 1.54) is 13.1 Å². The van der Waals surface area contributed by atoms with Crippen LogP contribution in [0.25, 0.3) is 10.9 Å². The van der Waals surface area contributed by atoms with Gasteiger partial charge in [0.05, 0.1) is 6.42 Å². The highest BCUT2D eigenvalue weighted by Gasteiger charge is 2.23. The van der Waals surface area contributed by atoms with E-state index in [9.17, 15) is 18.4 Å². The number of para-hydroxylation sites is 1. The number of carbonyl (C=O) groups is 2. The number of hydrogen-bond acceptors (Lipinski definition) is 2. The Morgan fingerprint density at radius 1 is 1.12 bits per heavy atom. The third kappa shape index (κ3) is 3.56. The van der Waals surface area contributed by atoms with Crippen LogP contribution in [0.2, 0.25) is 0 Å². The van der Waals surface area contributed by atoms with Crippen LogP contribution in [-0.4, -0.2) is 23.8 Å². The smallest absolute Gasteiger partial charge is 0.246 e. The Hall–Kier alpha value is -3.22. The molecule has 0 aliphatic rings. The van der Waals surface area contributed by atoms with Crippen LogP contribution in [0.4, 0.5) is 8.78 Å². The van der Waals surface area contributed by atoms with Crippen molar-refractivity contribution in [2.24, 2.45) is 0 Å². The zero-order valence-electron chi connectivity index (χ0n) is 14.0. The van der Waals surface area contributed by atoms with Gasteiger partial charge in [0, 0.05) is 24.1 Å². The van der Waals surface area contributed by atoms with E-state index in [1.807, 2.05) is 24.3 Å². The molecule has 0 saturated heterocycles. The van der Waals surface area contributed by atoms with Gasteiger partial charge in [0.2, 0.25) is 11.8 Å². The Labute approximate surface area is 148 Å². The van der Waals surface area contributed by atoms with Crippen LogP contribution >= 0.6 is 0 Å². The van der Waals surface area contributed by atoms with Crippen LogP contribution in [0.1, 0.15) is 17.2 Å². The van der Waals surface area contributed by atoms with Crippen LogP contribution in [0.5, 0.6) is 0 Å². The lowest BCUT2D eigenvalue weighted by Crippen LogP contribution is -2.39. The molecule has 3 rings (SSSR count). The number of carbonyl (C=O) groups excluding carboxylic acids is 2. The van der Waals surface area contributed by atoms with Gasteiger partial charge < -0.3 is 15.6 Å². The molecule has 0 aliphatic heterocycles. The molecule has 3 N–H and O–H groups in total. The summed E-state index contributed by atoms with van der Waals surface area (Å²) in [5, 5.41) is 5.90. The van der Waals surface area contributed by atoms with Crippen molar-refractivity contribution in [3.05, 3.63) is 71.4 Å². The van der Waals surface area contributed by atoms with Gasteiger partial charge in [-0.1, -0.05) is 24.3 Å². The highest BCUT2D eigenvalue weighted by atomic mass is 19.2. The predicted molar refractivity (Wildman–Crippen MR) is 93.3 cm³/mol. The number of halogens is 2. The molecule has 0 aliphatic carbocycles. The number of rotatable bonds is 5. The van der Waals surface area contributed by atoms with Crippen molar-refractivity contribution in [2.75, 3.05) is 7.05 Å². The first kappa shape index (κ1) is 17.6. The quantitative estimate of drug-likeness (QED) is 0.657. The minimum Gasteiger partial charge on any atom is -0.361 e. The van der Waals surface area contributed by atoms with E-state index < -0.39 is 29.5 Å². The molecule has 134 valence electrons. The van der Waals surface area contributed by atoms with E-state index in [0.717, 1.165) is 28.6 Å². The van der Waals surface area contributed by atoms with Crippen LogP contribution < -0.4 is 10.6 Å². The summed E-state index contributed by atoms with van der Waals surface area (Å²) >= 11 is 0. The summed E-state index contributed by atoms with van der Waals surface area (Å²) in [6.45, 7) is 0. The summed E-state index contributed by atoms with van der Waals surface area (Å²) in [5.74, 6) is -3.03. The second-order valence-corrected chi connectivity index (χ2v) is 5.82. The van der Waals surface area contributed by atoms with Crippen molar-refractivity contribution in [1.29, 1.82) is 0 Å².